The van der Waals surface area contributed by atoms with E-state index in [2.05, 4.69) is 15.3 Å². The minimum Gasteiger partial charge on any atom is -0.459 e. The van der Waals surface area contributed by atoms with E-state index in [1.165, 1.54) is 11.3 Å². The monoisotopic (exact) mass is 389 g/mol. The summed E-state index contributed by atoms with van der Waals surface area (Å²) < 4.78 is 5.64. The molecule has 28 heavy (non-hydrogen) atoms. The number of furan rings is 1. The highest BCUT2D eigenvalue weighted by molar-refractivity contribution is 7.17. The number of hydrogen-bond acceptors (Lipinski definition) is 5. The van der Waals surface area contributed by atoms with E-state index in [1.54, 1.807) is 6.20 Å². The Bertz CT molecular complexity index is 1050. The Hall–Kier alpha value is -3.25. The number of rotatable bonds is 5. The number of pyridine rings is 1. The Labute approximate surface area is 167 Å². The summed E-state index contributed by atoms with van der Waals surface area (Å²) in [4.78, 5) is 22.6. The quantitative estimate of drug-likeness (QED) is 0.525. The highest BCUT2D eigenvalue weighted by Gasteiger charge is 2.23. The summed E-state index contributed by atoms with van der Waals surface area (Å²) in [6.45, 7) is 3.72. The second-order valence-electron chi connectivity index (χ2n) is 6.42. The molecular weight excluding hydrogens is 370 g/mol. The first-order chi connectivity index (χ1) is 13.6. The van der Waals surface area contributed by atoms with E-state index >= 15 is 0 Å². The second kappa shape index (κ2) is 7.78. The number of benzene rings is 1. The Kier molecular flexibility index (Phi) is 5.04. The maximum Gasteiger partial charge on any atom is 0.264 e. The van der Waals surface area contributed by atoms with Crippen LogP contribution in [0.2, 0.25) is 0 Å². The lowest BCUT2D eigenvalue weighted by Crippen LogP contribution is -2.29. The van der Waals surface area contributed by atoms with Crippen LogP contribution in [0.15, 0.2) is 71.3 Å². The summed E-state index contributed by atoms with van der Waals surface area (Å²) in [5, 5.41) is 3.81. The molecule has 0 radical (unpaired) electrons. The van der Waals surface area contributed by atoms with Crippen LogP contribution >= 0.6 is 11.3 Å². The number of nitrogens with zero attached hydrogens (tertiary/aromatic N) is 2. The van der Waals surface area contributed by atoms with Crippen molar-refractivity contribution in [3.8, 4) is 10.8 Å². The summed E-state index contributed by atoms with van der Waals surface area (Å²) in [7, 11) is 0. The van der Waals surface area contributed by atoms with Gasteiger partial charge in [0.25, 0.3) is 5.91 Å². The molecule has 1 atom stereocenters. The van der Waals surface area contributed by atoms with Crippen molar-refractivity contribution in [1.29, 1.82) is 0 Å². The van der Waals surface area contributed by atoms with E-state index < -0.39 is 0 Å². The van der Waals surface area contributed by atoms with Crippen LogP contribution in [-0.2, 0) is 0 Å². The molecule has 0 saturated carbocycles. The number of nitrogens with one attached hydrogen (secondary N) is 1. The fourth-order valence-electron chi connectivity index (χ4n) is 2.98. The third kappa shape index (κ3) is 3.73. The van der Waals surface area contributed by atoms with E-state index in [4.69, 9.17) is 4.42 Å². The molecule has 0 bridgehead atoms. The normalized spacial score (nSPS) is 11.9. The Morgan fingerprint density at radius 2 is 1.82 bits per heavy atom. The van der Waals surface area contributed by atoms with Crippen molar-refractivity contribution in [2.75, 3.05) is 0 Å². The van der Waals surface area contributed by atoms with Crippen molar-refractivity contribution >= 4 is 17.2 Å². The zero-order valence-corrected chi connectivity index (χ0v) is 16.4. The van der Waals surface area contributed by atoms with E-state index in [9.17, 15) is 4.79 Å². The van der Waals surface area contributed by atoms with Crippen LogP contribution in [0, 0.1) is 13.8 Å². The van der Waals surface area contributed by atoms with Gasteiger partial charge in [-0.2, -0.15) is 0 Å². The first-order valence-corrected chi connectivity index (χ1v) is 9.74. The summed E-state index contributed by atoms with van der Waals surface area (Å²) >= 11 is 1.33. The Morgan fingerprint density at radius 3 is 2.50 bits per heavy atom. The molecule has 1 amide bonds. The van der Waals surface area contributed by atoms with Gasteiger partial charge in [0, 0.05) is 6.20 Å². The third-order valence-electron chi connectivity index (χ3n) is 4.35. The van der Waals surface area contributed by atoms with Crippen LogP contribution in [0.3, 0.4) is 0 Å². The van der Waals surface area contributed by atoms with Crippen LogP contribution in [0.1, 0.15) is 38.4 Å². The van der Waals surface area contributed by atoms with Crippen molar-refractivity contribution in [1.82, 2.24) is 15.3 Å². The van der Waals surface area contributed by atoms with Gasteiger partial charge >= 0.3 is 0 Å². The highest BCUT2D eigenvalue weighted by atomic mass is 32.1. The smallest absolute Gasteiger partial charge is 0.264 e. The number of aromatic nitrogens is 2. The molecule has 4 aromatic rings. The summed E-state index contributed by atoms with van der Waals surface area (Å²) in [5.74, 6) is 1.31. The van der Waals surface area contributed by atoms with E-state index in [0.29, 0.717) is 21.3 Å². The fraction of sp³-hybridized carbons (Fsp3) is 0.136. The van der Waals surface area contributed by atoms with E-state index in [-0.39, 0.29) is 11.9 Å². The number of carbonyl (C=O) groups is 1. The number of aryl methyl sites for hydroxylation is 2. The van der Waals surface area contributed by atoms with E-state index in [1.807, 2.05) is 74.5 Å². The zero-order valence-electron chi connectivity index (χ0n) is 15.5. The van der Waals surface area contributed by atoms with Gasteiger partial charge in [0.15, 0.2) is 10.8 Å². The van der Waals surface area contributed by atoms with Gasteiger partial charge in [-0.25, -0.2) is 4.98 Å². The van der Waals surface area contributed by atoms with Crippen molar-refractivity contribution < 1.29 is 9.21 Å². The third-order valence-corrected chi connectivity index (χ3v) is 5.52. The van der Waals surface area contributed by atoms with E-state index in [0.717, 1.165) is 17.0 Å². The zero-order chi connectivity index (χ0) is 19.5. The Balaban J connectivity index is 1.64. The largest absolute Gasteiger partial charge is 0.459 e. The highest BCUT2D eigenvalue weighted by Crippen LogP contribution is 2.30. The molecule has 3 aromatic heterocycles. The summed E-state index contributed by atoms with van der Waals surface area (Å²) in [6.07, 6.45) is 1.73. The lowest BCUT2D eigenvalue weighted by atomic mass is 10.0. The molecule has 0 spiro atoms. The molecule has 140 valence electrons. The van der Waals surface area contributed by atoms with Crippen LogP contribution in [0.25, 0.3) is 10.8 Å². The molecule has 0 saturated heterocycles. The summed E-state index contributed by atoms with van der Waals surface area (Å²) in [6, 6.07) is 18.9. The molecule has 0 aliphatic heterocycles. The van der Waals surface area contributed by atoms with Crippen molar-refractivity contribution in [3.05, 3.63) is 94.4 Å². The maximum atomic E-state index is 13.1. The lowest BCUT2D eigenvalue weighted by Gasteiger charge is -2.18. The molecule has 0 fully saturated rings. The second-order valence-corrected chi connectivity index (χ2v) is 7.41. The predicted octanol–water partition coefficient (Wildman–Crippen LogP) is 4.93. The molecule has 1 aromatic carbocycles. The standard InChI is InChI=1S/C22H19N3O2S/c1-14-11-12-18(27-14)22-24-15(2)20(28-22)21(26)25-19(16-8-4-3-5-9-16)17-10-6-7-13-23-17/h3-13,19H,1-2H3,(H,25,26). The number of amides is 1. The molecule has 3 heterocycles. The molecule has 4 rings (SSSR count). The topological polar surface area (TPSA) is 68.0 Å². The number of carbonyl (C=O) groups excluding carboxylic acids is 1. The van der Waals surface area contributed by atoms with Crippen LogP contribution in [0.4, 0.5) is 0 Å². The van der Waals surface area contributed by atoms with Crippen LogP contribution in [-0.4, -0.2) is 15.9 Å². The minimum absolute atomic E-state index is 0.177. The fourth-order valence-corrected chi connectivity index (χ4v) is 3.91. The average molecular weight is 389 g/mol. The average Bonchev–Trinajstić information content (AvgIpc) is 3.33. The number of thiazole rings is 1. The first-order valence-electron chi connectivity index (χ1n) is 8.93. The van der Waals surface area contributed by atoms with Gasteiger partial charge in [-0.15, -0.1) is 11.3 Å². The summed E-state index contributed by atoms with van der Waals surface area (Å²) in [5.41, 5.74) is 2.43. The molecule has 1 N–H and O–H groups in total. The van der Waals surface area contributed by atoms with Gasteiger partial charge in [-0.1, -0.05) is 36.4 Å². The van der Waals surface area contributed by atoms with Crippen LogP contribution in [0.5, 0.6) is 0 Å². The van der Waals surface area contributed by atoms with Crippen LogP contribution < -0.4 is 5.32 Å². The molecule has 0 aliphatic carbocycles. The lowest BCUT2D eigenvalue weighted by molar-refractivity contribution is 0.0945. The predicted molar refractivity (Wildman–Crippen MR) is 109 cm³/mol. The molecule has 1 unspecified atom stereocenters. The molecule has 6 heteroatoms. The molecule has 0 aliphatic rings. The Morgan fingerprint density at radius 1 is 1.04 bits per heavy atom. The first kappa shape index (κ1) is 18.1. The van der Waals surface area contributed by atoms with Crippen molar-refractivity contribution in [2.45, 2.75) is 19.9 Å². The van der Waals surface area contributed by atoms with Gasteiger partial charge in [0.05, 0.1) is 17.4 Å². The maximum absolute atomic E-state index is 13.1. The van der Waals surface area contributed by atoms with Crippen molar-refractivity contribution in [2.24, 2.45) is 0 Å². The van der Waals surface area contributed by atoms with Crippen molar-refractivity contribution in [3.63, 3.8) is 0 Å². The molecule has 5 nitrogen and oxygen atoms in total. The number of hydrogen-bond donors (Lipinski definition) is 1. The van der Waals surface area contributed by atoms with Gasteiger partial charge in [-0.3, -0.25) is 9.78 Å². The van der Waals surface area contributed by atoms with Gasteiger partial charge in [0.2, 0.25) is 0 Å². The van der Waals surface area contributed by atoms with Gasteiger partial charge < -0.3 is 9.73 Å². The van der Waals surface area contributed by atoms with Gasteiger partial charge in [0.1, 0.15) is 10.6 Å². The molecular formula is C22H19N3O2S. The van der Waals surface area contributed by atoms with Gasteiger partial charge in [-0.05, 0) is 43.7 Å². The SMILES string of the molecule is Cc1ccc(-c2nc(C)c(C(=O)NC(c3ccccc3)c3ccccn3)s2)o1. The minimum atomic E-state index is -0.342.